The van der Waals surface area contributed by atoms with Gasteiger partial charge in [0.15, 0.2) is 10.4 Å². The second-order valence-electron chi connectivity index (χ2n) is 4.88. The molecular formula is C17H12BrIN2O3. The first-order valence-corrected chi connectivity index (χ1v) is 8.87. The smallest absolute Gasteiger partial charge is 0.277 e. The minimum absolute atomic E-state index is 0.116. The average Bonchev–Trinajstić information content (AvgIpc) is 2.98. The van der Waals surface area contributed by atoms with Crippen molar-refractivity contribution < 1.29 is 13.9 Å². The Hall–Kier alpha value is -1.87. The van der Waals surface area contributed by atoms with Gasteiger partial charge in [-0.05, 0) is 69.8 Å². The van der Waals surface area contributed by atoms with Gasteiger partial charge >= 0.3 is 0 Å². The number of nitrogens with zero attached hydrogens (tertiary/aromatic N) is 1. The number of furan rings is 1. The number of carbonyl (C=O) groups excluding carboxylic acids is 1. The summed E-state index contributed by atoms with van der Waals surface area (Å²) in [6, 6.07) is 15.2. The zero-order valence-corrected chi connectivity index (χ0v) is 16.1. The van der Waals surface area contributed by atoms with Gasteiger partial charge in [0.1, 0.15) is 11.5 Å². The molecule has 0 fully saturated rings. The van der Waals surface area contributed by atoms with Crippen LogP contribution in [0.1, 0.15) is 5.76 Å². The second kappa shape index (κ2) is 7.80. The molecule has 1 aromatic heterocycles. The number of hydrazone groups is 1. The van der Waals surface area contributed by atoms with Gasteiger partial charge in [0, 0.05) is 4.47 Å². The Bertz CT molecular complexity index is 908. The molecule has 1 amide bonds. The molecule has 1 heterocycles. The Morgan fingerprint density at radius 2 is 2.00 bits per heavy atom. The van der Waals surface area contributed by atoms with E-state index >= 15 is 0 Å². The highest BCUT2D eigenvalue weighted by Crippen LogP contribution is 2.24. The van der Waals surface area contributed by atoms with Crippen LogP contribution in [0.4, 0.5) is 0 Å². The minimum atomic E-state index is -0.344. The van der Waals surface area contributed by atoms with Crippen LogP contribution in [-0.4, -0.2) is 18.7 Å². The van der Waals surface area contributed by atoms with Gasteiger partial charge in [-0.2, -0.15) is 5.10 Å². The Morgan fingerprint density at radius 3 is 2.79 bits per heavy atom. The summed E-state index contributed by atoms with van der Waals surface area (Å²) in [6.07, 6.45) is 1.44. The summed E-state index contributed by atoms with van der Waals surface area (Å²) >= 11 is 5.49. The first-order chi connectivity index (χ1) is 11.6. The molecule has 0 saturated carbocycles. The van der Waals surface area contributed by atoms with Crippen LogP contribution in [0, 0.1) is 3.77 Å². The van der Waals surface area contributed by atoms with E-state index in [-0.39, 0.29) is 12.5 Å². The molecule has 3 rings (SSSR count). The highest BCUT2D eigenvalue weighted by Gasteiger charge is 2.03. The zero-order valence-electron chi connectivity index (χ0n) is 12.3. The van der Waals surface area contributed by atoms with Crippen molar-refractivity contribution >= 4 is 61.4 Å². The fourth-order valence-electron chi connectivity index (χ4n) is 2.03. The predicted octanol–water partition coefficient (Wildman–Crippen LogP) is 4.33. The Morgan fingerprint density at radius 1 is 1.21 bits per heavy atom. The molecule has 0 aliphatic heterocycles. The summed E-state index contributed by atoms with van der Waals surface area (Å²) in [6.45, 7) is -0.116. The summed E-state index contributed by atoms with van der Waals surface area (Å²) in [5.74, 6) is 0.856. The predicted molar refractivity (Wildman–Crippen MR) is 104 cm³/mol. The van der Waals surface area contributed by atoms with Crippen molar-refractivity contribution in [3.63, 3.8) is 0 Å². The lowest BCUT2D eigenvalue weighted by molar-refractivity contribution is -0.123. The molecule has 0 bridgehead atoms. The highest BCUT2D eigenvalue weighted by molar-refractivity contribution is 14.1. The number of hydrogen-bond donors (Lipinski definition) is 1. The van der Waals surface area contributed by atoms with Crippen molar-refractivity contribution in [2.75, 3.05) is 6.61 Å². The van der Waals surface area contributed by atoms with E-state index in [1.54, 1.807) is 6.07 Å². The fraction of sp³-hybridized carbons (Fsp3) is 0.0588. The molecule has 122 valence electrons. The summed E-state index contributed by atoms with van der Waals surface area (Å²) in [4.78, 5) is 11.7. The normalized spacial score (nSPS) is 11.1. The molecule has 1 N–H and O–H groups in total. The van der Waals surface area contributed by atoms with Crippen LogP contribution < -0.4 is 10.2 Å². The monoisotopic (exact) mass is 498 g/mol. The molecule has 5 nitrogen and oxygen atoms in total. The van der Waals surface area contributed by atoms with Crippen molar-refractivity contribution in [3.05, 3.63) is 62.5 Å². The van der Waals surface area contributed by atoms with E-state index in [0.717, 1.165) is 19.0 Å². The van der Waals surface area contributed by atoms with E-state index in [4.69, 9.17) is 9.15 Å². The summed E-state index contributed by atoms with van der Waals surface area (Å²) in [7, 11) is 0. The number of carbonyl (C=O) groups is 1. The Balaban J connectivity index is 1.54. The van der Waals surface area contributed by atoms with Crippen molar-refractivity contribution in [1.82, 2.24) is 5.43 Å². The largest absolute Gasteiger partial charge is 0.484 e. The molecule has 0 spiro atoms. The number of amides is 1. The number of nitrogens with one attached hydrogen (secondary N) is 1. The van der Waals surface area contributed by atoms with Crippen LogP contribution in [0.25, 0.3) is 10.8 Å². The van der Waals surface area contributed by atoms with Gasteiger partial charge in [0.2, 0.25) is 0 Å². The van der Waals surface area contributed by atoms with Crippen LogP contribution >= 0.6 is 38.5 Å². The van der Waals surface area contributed by atoms with Crippen molar-refractivity contribution in [2.45, 2.75) is 0 Å². The van der Waals surface area contributed by atoms with Gasteiger partial charge in [-0.1, -0.05) is 28.1 Å². The standard InChI is InChI=1S/C17H12BrIN2O3/c18-13-3-1-12-8-14(4-2-11(12)7-13)23-10-17(22)21-20-9-15-5-6-16(19)24-15/h1-9H,10H2,(H,21,22). The molecule has 0 atom stereocenters. The van der Waals surface area contributed by atoms with Gasteiger partial charge in [0.05, 0.1) is 6.21 Å². The van der Waals surface area contributed by atoms with Crippen molar-refractivity contribution in [3.8, 4) is 5.75 Å². The minimum Gasteiger partial charge on any atom is -0.484 e. The van der Waals surface area contributed by atoms with E-state index in [1.165, 1.54) is 6.21 Å². The van der Waals surface area contributed by atoms with Gasteiger partial charge in [-0.15, -0.1) is 0 Å². The fourth-order valence-corrected chi connectivity index (χ4v) is 2.84. The first-order valence-electron chi connectivity index (χ1n) is 6.99. The number of halogens is 2. The SMILES string of the molecule is O=C(COc1ccc2cc(Br)ccc2c1)NN=Cc1ccc(I)o1. The molecule has 0 radical (unpaired) electrons. The third-order valence-corrected chi connectivity index (χ3v) is 4.19. The lowest BCUT2D eigenvalue weighted by Gasteiger charge is -2.06. The van der Waals surface area contributed by atoms with E-state index in [0.29, 0.717) is 11.5 Å². The number of hydrogen-bond acceptors (Lipinski definition) is 4. The molecule has 0 aliphatic carbocycles. The Kier molecular flexibility index (Phi) is 5.52. The van der Waals surface area contributed by atoms with Gasteiger partial charge in [0.25, 0.3) is 5.91 Å². The lowest BCUT2D eigenvalue weighted by atomic mass is 10.1. The molecule has 0 saturated heterocycles. The van der Waals surface area contributed by atoms with Crippen molar-refractivity contribution in [1.29, 1.82) is 0 Å². The van der Waals surface area contributed by atoms with Crippen LogP contribution in [0.5, 0.6) is 5.75 Å². The van der Waals surface area contributed by atoms with Crippen molar-refractivity contribution in [2.24, 2.45) is 5.10 Å². The maximum absolute atomic E-state index is 11.7. The molecule has 7 heteroatoms. The zero-order chi connectivity index (χ0) is 16.9. The molecule has 0 unspecified atom stereocenters. The number of ether oxygens (including phenoxy) is 1. The number of benzene rings is 2. The summed E-state index contributed by atoms with van der Waals surface area (Å²) in [5, 5.41) is 5.96. The van der Waals surface area contributed by atoms with Gasteiger partial charge in [-0.3, -0.25) is 4.79 Å². The average molecular weight is 499 g/mol. The molecule has 24 heavy (non-hydrogen) atoms. The van der Waals surface area contributed by atoms with E-state index in [9.17, 15) is 4.79 Å². The van der Waals surface area contributed by atoms with Crippen LogP contribution in [-0.2, 0) is 4.79 Å². The third-order valence-electron chi connectivity index (χ3n) is 3.12. The molecule has 0 aliphatic rings. The van der Waals surface area contributed by atoms with Gasteiger partial charge < -0.3 is 9.15 Å². The number of rotatable bonds is 5. The Labute approximate surface area is 160 Å². The van der Waals surface area contributed by atoms with E-state index in [1.807, 2.05) is 42.5 Å². The lowest BCUT2D eigenvalue weighted by Crippen LogP contribution is -2.24. The van der Waals surface area contributed by atoms with E-state index in [2.05, 4.69) is 49.0 Å². The van der Waals surface area contributed by atoms with Crippen LogP contribution in [0.3, 0.4) is 0 Å². The summed E-state index contributed by atoms with van der Waals surface area (Å²) < 4.78 is 12.6. The molecular weight excluding hydrogens is 487 g/mol. The highest BCUT2D eigenvalue weighted by atomic mass is 127. The second-order valence-corrected chi connectivity index (χ2v) is 6.86. The molecule has 2 aromatic carbocycles. The molecule has 3 aromatic rings. The maximum Gasteiger partial charge on any atom is 0.277 e. The quantitative estimate of drug-likeness (QED) is 0.323. The number of fused-ring (bicyclic) bond motifs is 1. The van der Waals surface area contributed by atoms with Crippen LogP contribution in [0.15, 0.2) is 62.5 Å². The third kappa shape index (κ3) is 4.57. The summed E-state index contributed by atoms with van der Waals surface area (Å²) in [5.41, 5.74) is 2.39. The van der Waals surface area contributed by atoms with E-state index < -0.39 is 0 Å². The first kappa shape index (κ1) is 17.0. The van der Waals surface area contributed by atoms with Gasteiger partial charge in [-0.25, -0.2) is 5.43 Å². The topological polar surface area (TPSA) is 63.8 Å². The van der Waals surface area contributed by atoms with Crippen LogP contribution in [0.2, 0.25) is 0 Å². The maximum atomic E-state index is 11.7.